The fourth-order valence-corrected chi connectivity index (χ4v) is 1.53. The molecule has 60 valence electrons. The van der Waals surface area contributed by atoms with E-state index in [1.807, 2.05) is 10.9 Å². The van der Waals surface area contributed by atoms with Gasteiger partial charge < -0.3 is 0 Å². The van der Waals surface area contributed by atoms with Crippen LogP contribution in [0.1, 0.15) is 19.3 Å². The standard InChI is InChI=1S/C8H11ClN2/c9-8-4-10-11(6-8)5-7-2-1-3-7/h4,6-7H,1-3,5H2. The van der Waals surface area contributed by atoms with Gasteiger partial charge in [0.2, 0.25) is 0 Å². The summed E-state index contributed by atoms with van der Waals surface area (Å²) in [5.41, 5.74) is 0. The lowest BCUT2D eigenvalue weighted by Crippen LogP contribution is -2.18. The molecule has 0 bridgehead atoms. The molecule has 0 aromatic carbocycles. The average molecular weight is 171 g/mol. The fraction of sp³-hybridized carbons (Fsp3) is 0.625. The zero-order valence-corrected chi connectivity index (χ0v) is 7.09. The van der Waals surface area contributed by atoms with E-state index in [0.29, 0.717) is 0 Å². The van der Waals surface area contributed by atoms with Crippen molar-refractivity contribution in [3.63, 3.8) is 0 Å². The Hall–Kier alpha value is -0.500. The number of hydrogen-bond donors (Lipinski definition) is 0. The monoisotopic (exact) mass is 170 g/mol. The number of nitrogens with zero attached hydrogens (tertiary/aromatic N) is 2. The molecule has 3 heteroatoms. The first-order chi connectivity index (χ1) is 5.34. The Morgan fingerprint density at radius 3 is 2.91 bits per heavy atom. The highest BCUT2D eigenvalue weighted by molar-refractivity contribution is 6.30. The quantitative estimate of drug-likeness (QED) is 0.666. The predicted molar refractivity (Wildman–Crippen MR) is 44.6 cm³/mol. The number of aromatic nitrogens is 2. The fourth-order valence-electron chi connectivity index (χ4n) is 1.38. The smallest absolute Gasteiger partial charge is 0.0785 e. The van der Waals surface area contributed by atoms with Crippen LogP contribution in [0.5, 0.6) is 0 Å². The van der Waals surface area contributed by atoms with Crippen molar-refractivity contribution >= 4 is 11.6 Å². The van der Waals surface area contributed by atoms with Crippen molar-refractivity contribution in [2.45, 2.75) is 25.8 Å². The maximum atomic E-state index is 5.72. The predicted octanol–water partition coefficient (Wildman–Crippen LogP) is 2.34. The Kier molecular flexibility index (Phi) is 1.86. The molecule has 1 aliphatic rings. The van der Waals surface area contributed by atoms with Crippen LogP contribution < -0.4 is 0 Å². The van der Waals surface area contributed by atoms with Gasteiger partial charge in [-0.1, -0.05) is 18.0 Å². The number of hydrogen-bond acceptors (Lipinski definition) is 1. The molecule has 0 atom stereocenters. The SMILES string of the molecule is Clc1cnn(CC2CCC2)c1. The minimum absolute atomic E-state index is 0.740. The van der Waals surface area contributed by atoms with Gasteiger partial charge in [0.25, 0.3) is 0 Å². The summed E-state index contributed by atoms with van der Waals surface area (Å²) in [6.45, 7) is 1.05. The molecule has 2 nitrogen and oxygen atoms in total. The highest BCUT2D eigenvalue weighted by Crippen LogP contribution is 2.27. The molecule has 0 spiro atoms. The summed E-state index contributed by atoms with van der Waals surface area (Å²) >= 11 is 5.72. The zero-order chi connectivity index (χ0) is 7.68. The molecular formula is C8H11ClN2. The molecule has 1 aromatic rings. The lowest BCUT2D eigenvalue weighted by atomic mass is 9.85. The molecule has 1 fully saturated rings. The van der Waals surface area contributed by atoms with Crippen LogP contribution in [0.15, 0.2) is 12.4 Å². The molecule has 11 heavy (non-hydrogen) atoms. The van der Waals surface area contributed by atoms with Crippen molar-refractivity contribution in [1.29, 1.82) is 0 Å². The van der Waals surface area contributed by atoms with E-state index >= 15 is 0 Å². The second kappa shape index (κ2) is 2.86. The summed E-state index contributed by atoms with van der Waals surface area (Å²) in [5, 5.41) is 4.86. The zero-order valence-electron chi connectivity index (χ0n) is 6.33. The lowest BCUT2D eigenvalue weighted by Gasteiger charge is -2.24. The van der Waals surface area contributed by atoms with Crippen LogP contribution in [0.2, 0.25) is 5.02 Å². The van der Waals surface area contributed by atoms with E-state index in [0.717, 1.165) is 17.5 Å². The maximum Gasteiger partial charge on any atom is 0.0785 e. The van der Waals surface area contributed by atoms with E-state index in [9.17, 15) is 0 Å². The Bertz CT molecular complexity index is 240. The molecule has 0 aliphatic heterocycles. The Morgan fingerprint density at radius 1 is 1.64 bits per heavy atom. The van der Waals surface area contributed by atoms with Gasteiger partial charge in [-0.3, -0.25) is 4.68 Å². The van der Waals surface area contributed by atoms with Gasteiger partial charge in [0.15, 0.2) is 0 Å². The minimum atomic E-state index is 0.740. The Morgan fingerprint density at radius 2 is 2.45 bits per heavy atom. The van der Waals surface area contributed by atoms with Crippen molar-refractivity contribution in [1.82, 2.24) is 9.78 Å². The van der Waals surface area contributed by atoms with Gasteiger partial charge >= 0.3 is 0 Å². The molecule has 1 aliphatic carbocycles. The van der Waals surface area contributed by atoms with Crippen molar-refractivity contribution in [2.24, 2.45) is 5.92 Å². The first-order valence-electron chi connectivity index (χ1n) is 4.02. The van der Waals surface area contributed by atoms with E-state index < -0.39 is 0 Å². The van der Waals surface area contributed by atoms with Crippen molar-refractivity contribution in [3.8, 4) is 0 Å². The first kappa shape index (κ1) is 7.17. The second-order valence-electron chi connectivity index (χ2n) is 3.18. The highest BCUT2D eigenvalue weighted by Gasteiger charge is 2.17. The number of halogens is 1. The largest absolute Gasteiger partial charge is 0.271 e. The van der Waals surface area contributed by atoms with Crippen LogP contribution in [-0.2, 0) is 6.54 Å². The van der Waals surface area contributed by atoms with Gasteiger partial charge in [-0.25, -0.2) is 0 Å². The van der Waals surface area contributed by atoms with E-state index in [4.69, 9.17) is 11.6 Å². The second-order valence-corrected chi connectivity index (χ2v) is 3.61. The van der Waals surface area contributed by atoms with E-state index in [1.54, 1.807) is 6.20 Å². The van der Waals surface area contributed by atoms with Gasteiger partial charge in [0.1, 0.15) is 0 Å². The third-order valence-electron chi connectivity index (χ3n) is 2.27. The minimum Gasteiger partial charge on any atom is -0.271 e. The first-order valence-corrected chi connectivity index (χ1v) is 4.40. The Labute approximate surface area is 71.2 Å². The average Bonchev–Trinajstić information content (AvgIpc) is 2.27. The van der Waals surface area contributed by atoms with Crippen LogP contribution in [-0.4, -0.2) is 9.78 Å². The van der Waals surface area contributed by atoms with E-state index in [-0.39, 0.29) is 0 Å². The molecule has 0 saturated heterocycles. The van der Waals surface area contributed by atoms with E-state index in [2.05, 4.69) is 5.10 Å². The van der Waals surface area contributed by atoms with Gasteiger partial charge in [-0.15, -0.1) is 0 Å². The molecular weight excluding hydrogens is 160 g/mol. The van der Waals surface area contributed by atoms with Gasteiger partial charge in [0, 0.05) is 12.7 Å². The van der Waals surface area contributed by atoms with Crippen LogP contribution in [0, 0.1) is 5.92 Å². The molecule has 0 amide bonds. The molecule has 0 radical (unpaired) electrons. The third-order valence-corrected chi connectivity index (χ3v) is 2.47. The maximum absolute atomic E-state index is 5.72. The third kappa shape index (κ3) is 1.56. The van der Waals surface area contributed by atoms with Crippen LogP contribution in [0.25, 0.3) is 0 Å². The number of rotatable bonds is 2. The summed E-state index contributed by atoms with van der Waals surface area (Å²) in [4.78, 5) is 0. The van der Waals surface area contributed by atoms with Crippen molar-refractivity contribution in [2.75, 3.05) is 0 Å². The van der Waals surface area contributed by atoms with Crippen molar-refractivity contribution < 1.29 is 0 Å². The van der Waals surface area contributed by atoms with Crippen LogP contribution >= 0.6 is 11.6 Å². The summed E-state index contributed by atoms with van der Waals surface area (Å²) in [6.07, 6.45) is 7.69. The summed E-state index contributed by atoms with van der Waals surface area (Å²) in [6, 6.07) is 0. The Balaban J connectivity index is 1.95. The summed E-state index contributed by atoms with van der Waals surface area (Å²) < 4.78 is 1.94. The molecule has 1 aromatic heterocycles. The van der Waals surface area contributed by atoms with Gasteiger partial charge in [0.05, 0.1) is 11.2 Å². The molecule has 1 heterocycles. The summed E-state index contributed by atoms with van der Waals surface area (Å²) in [7, 11) is 0. The summed E-state index contributed by atoms with van der Waals surface area (Å²) in [5.74, 6) is 0.853. The topological polar surface area (TPSA) is 17.8 Å². The normalized spacial score (nSPS) is 18.3. The van der Waals surface area contributed by atoms with Crippen molar-refractivity contribution in [3.05, 3.63) is 17.4 Å². The van der Waals surface area contributed by atoms with Gasteiger partial charge in [-0.2, -0.15) is 5.10 Å². The molecule has 0 unspecified atom stereocenters. The van der Waals surface area contributed by atoms with Gasteiger partial charge in [-0.05, 0) is 18.8 Å². The van der Waals surface area contributed by atoms with Crippen LogP contribution in [0.4, 0.5) is 0 Å². The lowest BCUT2D eigenvalue weighted by molar-refractivity contribution is 0.266. The highest BCUT2D eigenvalue weighted by atomic mass is 35.5. The van der Waals surface area contributed by atoms with Crippen LogP contribution in [0.3, 0.4) is 0 Å². The molecule has 0 N–H and O–H groups in total. The van der Waals surface area contributed by atoms with E-state index in [1.165, 1.54) is 19.3 Å². The molecule has 2 rings (SSSR count). The molecule has 1 saturated carbocycles.